The summed E-state index contributed by atoms with van der Waals surface area (Å²) in [5, 5.41) is 38.9. The lowest BCUT2D eigenvalue weighted by molar-refractivity contribution is 1.48. The second-order valence-corrected chi connectivity index (χ2v) is 38.8. The molecule has 636 valence electrons. The molecule has 29 rings (SSSR count). The zero-order chi connectivity index (χ0) is 90.1. The van der Waals surface area contributed by atoms with E-state index in [0.29, 0.717) is 0 Å². The molecule has 0 unspecified atom stereocenters. The van der Waals surface area contributed by atoms with Gasteiger partial charge in [-0.1, -0.05) is 406 Å². The van der Waals surface area contributed by atoms with E-state index in [1.165, 1.54) is 237 Å². The Balaban J connectivity index is 0.000000104. The molecule has 0 N–H and O–H groups in total. The molecule has 0 aliphatic carbocycles. The Bertz CT molecular complexity index is 10000. The van der Waals surface area contributed by atoms with Crippen LogP contribution >= 0.6 is 34.0 Å². The van der Waals surface area contributed by atoms with Crippen LogP contribution in [0.1, 0.15) is 0 Å². The quantitative estimate of drug-likeness (QED) is 0.135. The van der Waals surface area contributed by atoms with E-state index in [9.17, 15) is 0 Å². The highest BCUT2D eigenvalue weighted by Crippen LogP contribution is 2.49. The van der Waals surface area contributed by atoms with Crippen LogP contribution in [0.3, 0.4) is 0 Å². The monoisotopic (exact) mass is 1790 g/mol. The maximum atomic E-state index is 5.05. The van der Waals surface area contributed by atoms with Crippen LogP contribution in [0, 0.1) is 0 Å². The van der Waals surface area contributed by atoms with Crippen LogP contribution in [-0.2, 0) is 0 Å². The van der Waals surface area contributed by atoms with Crippen molar-refractivity contribution in [3.05, 3.63) is 479 Å². The van der Waals surface area contributed by atoms with Crippen LogP contribution in [0.15, 0.2) is 479 Å². The summed E-state index contributed by atoms with van der Waals surface area (Å²) in [5.74, 6) is 0. The van der Waals surface area contributed by atoms with E-state index in [1.807, 2.05) is 0 Å². The lowest BCUT2D eigenvalue weighted by Gasteiger charge is -2.14. The minimum absolute atomic E-state index is 1.05. The maximum Gasteiger partial charge on any atom is 0.124 e. The van der Waals surface area contributed by atoms with E-state index in [4.69, 9.17) is 15.0 Å². The van der Waals surface area contributed by atoms with E-state index < -0.39 is 0 Å². The Labute approximate surface area is 801 Å². The van der Waals surface area contributed by atoms with E-state index in [2.05, 4.69) is 479 Å². The largest absolute Gasteiger partial charge is 0.236 e. The lowest BCUT2D eigenvalue weighted by Crippen LogP contribution is -1.87. The van der Waals surface area contributed by atoms with Gasteiger partial charge in [0.2, 0.25) is 0 Å². The number of fused-ring (bicyclic) bond motifs is 28. The Morgan fingerprint density at radius 3 is 0.883 bits per heavy atom. The maximum absolute atomic E-state index is 5.05. The Kier molecular flexibility index (Phi) is 19.2. The van der Waals surface area contributed by atoms with Crippen molar-refractivity contribution in [2.24, 2.45) is 0 Å². The van der Waals surface area contributed by atoms with Gasteiger partial charge in [0.25, 0.3) is 0 Å². The summed E-state index contributed by atoms with van der Waals surface area (Å²) < 4.78 is 3.74. The number of hydrogen-bond donors (Lipinski definition) is 0. The predicted octanol–water partition coefficient (Wildman–Crippen LogP) is 38.0. The molecule has 0 spiro atoms. The first-order valence-corrected chi connectivity index (χ1v) is 49.2. The molecule has 0 atom stereocenters. The van der Waals surface area contributed by atoms with E-state index >= 15 is 0 Å². The summed E-state index contributed by atoms with van der Waals surface area (Å²) in [6, 6.07) is 175. The SMILES string of the molecule is c1ccc(-c2nc3ccc4ccc5cc(-c6cccc(-c7cc8ccccc8c8ccccc78)c6)ccc5c4c3s2)cc1.c1ccc(-c2nc3ccc4ccc5ccc(-c6cccc(-c7cc8c9ccccc9ccc8c8ccccc78)c6)cc5c4c3s2)cc1.c1ccc(-c2nc3ccc4ccc5ccc(-c6cccc(-c7cc8ccc9ccccc9c8c8ccccc78)c6)cc5c4c3s2)cc1. The number of hydrogen-bond acceptors (Lipinski definition) is 6. The van der Waals surface area contributed by atoms with Gasteiger partial charge in [-0.15, -0.1) is 34.0 Å². The average molecular weight is 1790 g/mol. The molecule has 29 aromatic rings. The van der Waals surface area contributed by atoms with Crippen molar-refractivity contribution in [2.45, 2.75) is 0 Å². The van der Waals surface area contributed by atoms with Crippen LogP contribution in [0.4, 0.5) is 0 Å². The molecule has 0 saturated carbocycles. The van der Waals surface area contributed by atoms with Crippen LogP contribution in [0.2, 0.25) is 0 Å². The smallest absolute Gasteiger partial charge is 0.124 e. The summed E-state index contributed by atoms with van der Waals surface area (Å²) in [6.45, 7) is 0. The third kappa shape index (κ3) is 13.9. The highest BCUT2D eigenvalue weighted by Gasteiger charge is 2.22. The third-order valence-electron chi connectivity index (χ3n) is 27.9. The molecule has 26 aromatic carbocycles. The topological polar surface area (TPSA) is 38.7 Å². The number of aromatic nitrogens is 3. The molecule has 0 aliphatic rings. The Morgan fingerprint density at radius 1 is 0.124 bits per heavy atom. The van der Waals surface area contributed by atoms with Gasteiger partial charge in [-0.3, -0.25) is 0 Å². The summed E-state index contributed by atoms with van der Waals surface area (Å²) in [7, 11) is 0. The minimum Gasteiger partial charge on any atom is -0.236 e. The number of rotatable bonds is 9. The standard InChI is InChI=1S/2C45H27NS.C41H25NS/c1-2-10-31(11-3-1)45-46-41-24-23-30-20-17-29-18-21-33(26-40(29)43(30)44(41)47-45)32-12-8-13-34(25-32)39-27-35-22-19-28-9-4-5-14-36(28)42(35)38-16-7-6-15-37(38)39;1-2-10-31(11-3-1)45-46-42-24-22-30-19-17-29-18-20-33(26-40(29)43(30)44(42)47-45)32-12-8-13-34(25-32)39-27-41-35-14-5-4-9-28(35)21-23-38(41)36-15-6-7-16-37(36)39;1-2-9-27(10-3-1)41-42-38-22-20-26-17-18-32-24-29(19-21-34(32)39(26)40(38)43-41)28-12-8-13-30(23-28)37-25-31-11-4-5-14-33(31)35-15-6-7-16-36(35)37/h2*1-27H;1-25H. The summed E-state index contributed by atoms with van der Waals surface area (Å²) in [6.07, 6.45) is 0. The summed E-state index contributed by atoms with van der Waals surface area (Å²) in [4.78, 5) is 15.1. The average Bonchev–Trinajstić information content (AvgIpc) is 1.71. The highest BCUT2D eigenvalue weighted by molar-refractivity contribution is 7.23. The van der Waals surface area contributed by atoms with Gasteiger partial charge in [-0.25, -0.2) is 15.0 Å². The highest BCUT2D eigenvalue weighted by atomic mass is 32.1. The van der Waals surface area contributed by atoms with E-state index in [1.54, 1.807) is 34.0 Å². The fourth-order valence-electron chi connectivity index (χ4n) is 21.3. The van der Waals surface area contributed by atoms with Gasteiger partial charge in [0, 0.05) is 32.8 Å². The van der Waals surface area contributed by atoms with Crippen molar-refractivity contribution >= 4 is 215 Å². The first-order chi connectivity index (χ1) is 67.9. The van der Waals surface area contributed by atoms with Crippen molar-refractivity contribution in [2.75, 3.05) is 0 Å². The molecule has 3 nitrogen and oxygen atoms in total. The molecule has 0 radical (unpaired) electrons. The second-order valence-electron chi connectivity index (χ2n) is 35.8. The fourth-order valence-corrected chi connectivity index (χ4v) is 24.8. The van der Waals surface area contributed by atoms with Crippen LogP contribution in [0.25, 0.3) is 280 Å². The molecule has 6 heteroatoms. The molecule has 0 amide bonds. The third-order valence-corrected chi connectivity index (χ3v) is 31.3. The number of thiazole rings is 3. The van der Waals surface area contributed by atoms with Crippen molar-refractivity contribution in [1.82, 2.24) is 15.0 Å². The molecule has 0 bridgehead atoms. The zero-order valence-electron chi connectivity index (χ0n) is 74.2. The molecule has 0 aliphatic heterocycles. The molecule has 137 heavy (non-hydrogen) atoms. The van der Waals surface area contributed by atoms with Crippen molar-refractivity contribution in [3.63, 3.8) is 0 Å². The van der Waals surface area contributed by atoms with Crippen molar-refractivity contribution in [3.8, 4) is 98.5 Å². The lowest BCUT2D eigenvalue weighted by atomic mass is 9.89. The van der Waals surface area contributed by atoms with Crippen molar-refractivity contribution < 1.29 is 0 Å². The van der Waals surface area contributed by atoms with Gasteiger partial charge in [-0.2, -0.15) is 0 Å². The number of nitrogens with zero attached hydrogens (tertiary/aromatic N) is 3. The van der Waals surface area contributed by atoms with Crippen molar-refractivity contribution in [1.29, 1.82) is 0 Å². The first kappa shape index (κ1) is 79.7. The Morgan fingerprint density at radius 2 is 0.394 bits per heavy atom. The second kappa shape index (κ2) is 33.0. The minimum atomic E-state index is 1.05. The predicted molar refractivity (Wildman–Crippen MR) is 593 cm³/mol. The molecule has 3 aromatic heterocycles. The summed E-state index contributed by atoms with van der Waals surface area (Å²) in [5.41, 5.74) is 21.4. The first-order valence-electron chi connectivity index (χ1n) is 46.7. The van der Waals surface area contributed by atoms with Gasteiger partial charge < -0.3 is 0 Å². The molecular weight excluding hydrogens is 1710 g/mol. The normalized spacial score (nSPS) is 11.8. The molecule has 0 fully saturated rings. The molecular formula is C131H79N3S3. The molecule has 3 heterocycles. The zero-order valence-corrected chi connectivity index (χ0v) is 76.6. The Hall–Kier alpha value is -17.0. The fraction of sp³-hybridized carbons (Fsp3) is 0. The van der Waals surface area contributed by atoms with Gasteiger partial charge in [-0.05, 0) is 274 Å². The van der Waals surface area contributed by atoms with Crippen LogP contribution < -0.4 is 0 Å². The van der Waals surface area contributed by atoms with Gasteiger partial charge >= 0.3 is 0 Å². The van der Waals surface area contributed by atoms with Crippen LogP contribution in [0.5, 0.6) is 0 Å². The van der Waals surface area contributed by atoms with Gasteiger partial charge in [0.1, 0.15) is 15.0 Å². The van der Waals surface area contributed by atoms with Crippen LogP contribution in [-0.4, -0.2) is 15.0 Å². The number of benzene rings is 26. The van der Waals surface area contributed by atoms with Gasteiger partial charge in [0.15, 0.2) is 0 Å². The van der Waals surface area contributed by atoms with Gasteiger partial charge in [0.05, 0.1) is 30.6 Å². The van der Waals surface area contributed by atoms with E-state index in [0.717, 1.165) is 42.7 Å². The summed E-state index contributed by atoms with van der Waals surface area (Å²) >= 11 is 5.36. The molecule has 0 saturated heterocycles. The van der Waals surface area contributed by atoms with E-state index in [-0.39, 0.29) is 0 Å².